The van der Waals surface area contributed by atoms with E-state index in [1.165, 1.54) is 0 Å². The highest BCUT2D eigenvalue weighted by Gasteiger charge is 2.19. The van der Waals surface area contributed by atoms with Crippen molar-refractivity contribution in [3.63, 3.8) is 0 Å². The number of hydrogen-bond acceptors (Lipinski definition) is 4. The summed E-state index contributed by atoms with van der Waals surface area (Å²) in [6.45, 7) is 0.0195. The average Bonchev–Trinajstić information content (AvgIpc) is 1.98. The molecule has 0 saturated carbocycles. The van der Waals surface area contributed by atoms with Gasteiger partial charge in [-0.15, -0.1) is 0 Å². The number of nitrogens with one attached hydrogen (secondary N) is 1. The van der Waals surface area contributed by atoms with Crippen LogP contribution in [0.1, 0.15) is 12.8 Å². The van der Waals surface area contributed by atoms with Crippen LogP contribution in [0.15, 0.2) is 0 Å². The molecule has 0 radical (unpaired) electrons. The first kappa shape index (κ1) is 11.0. The molecule has 1 amide bonds. The van der Waals surface area contributed by atoms with Gasteiger partial charge >= 0.3 is 10.3 Å². The van der Waals surface area contributed by atoms with E-state index in [0.717, 1.165) is 0 Å². The maximum absolute atomic E-state index is 11.1. The average molecular weight is 218 g/mol. The highest BCUT2D eigenvalue weighted by Crippen LogP contribution is 1.99. The van der Waals surface area contributed by atoms with Crippen LogP contribution in [0, 0.1) is 11.8 Å². The molecule has 0 spiro atoms. The van der Waals surface area contributed by atoms with E-state index >= 15 is 0 Å². The van der Waals surface area contributed by atoms with Crippen molar-refractivity contribution >= 4 is 16.2 Å². The SMILES string of the molecule is NC(=O)C[C@H]1C#CCCOS(=O)(=O)N1. The molecule has 7 heteroatoms. The Morgan fingerprint density at radius 1 is 1.64 bits per heavy atom. The van der Waals surface area contributed by atoms with Crippen molar-refractivity contribution < 1.29 is 17.4 Å². The van der Waals surface area contributed by atoms with Gasteiger partial charge in [-0.05, 0) is 0 Å². The van der Waals surface area contributed by atoms with Crippen LogP contribution in [-0.2, 0) is 19.3 Å². The fourth-order valence-corrected chi connectivity index (χ4v) is 1.79. The first-order valence-corrected chi connectivity index (χ1v) is 5.34. The highest BCUT2D eigenvalue weighted by atomic mass is 32.2. The number of carbonyl (C=O) groups excluding carboxylic acids is 1. The van der Waals surface area contributed by atoms with Crippen LogP contribution in [0.2, 0.25) is 0 Å². The summed E-state index contributed by atoms with van der Waals surface area (Å²) in [6, 6.07) is -0.794. The van der Waals surface area contributed by atoms with Gasteiger partial charge in [0.25, 0.3) is 0 Å². The molecule has 0 saturated heterocycles. The lowest BCUT2D eigenvalue weighted by molar-refractivity contribution is -0.118. The van der Waals surface area contributed by atoms with Crippen molar-refractivity contribution in [3.8, 4) is 11.8 Å². The van der Waals surface area contributed by atoms with E-state index in [1.54, 1.807) is 0 Å². The largest absolute Gasteiger partial charge is 0.370 e. The molecule has 78 valence electrons. The number of hydrogen-bond donors (Lipinski definition) is 2. The van der Waals surface area contributed by atoms with Gasteiger partial charge in [-0.2, -0.15) is 13.1 Å². The Hall–Kier alpha value is -1.10. The zero-order valence-electron chi connectivity index (χ0n) is 7.32. The van der Waals surface area contributed by atoms with E-state index in [2.05, 4.69) is 20.7 Å². The molecule has 1 aliphatic rings. The molecular formula is C7H10N2O4S. The summed E-state index contributed by atoms with van der Waals surface area (Å²) >= 11 is 0. The number of rotatable bonds is 2. The van der Waals surface area contributed by atoms with Gasteiger partial charge in [-0.3, -0.25) is 8.98 Å². The minimum absolute atomic E-state index is 0.0195. The van der Waals surface area contributed by atoms with Crippen molar-refractivity contribution in [2.24, 2.45) is 5.73 Å². The first-order valence-electron chi connectivity index (χ1n) is 3.93. The lowest BCUT2D eigenvalue weighted by Crippen LogP contribution is -2.38. The summed E-state index contributed by atoms with van der Waals surface area (Å²) in [7, 11) is -3.80. The first-order chi connectivity index (χ1) is 6.49. The fourth-order valence-electron chi connectivity index (χ4n) is 0.929. The maximum Gasteiger partial charge on any atom is 0.336 e. The molecule has 0 aromatic carbocycles. The Balaban J connectivity index is 2.76. The Labute approximate surface area is 82.1 Å². The molecule has 0 aromatic rings. The Bertz CT molecular complexity index is 378. The Morgan fingerprint density at radius 3 is 3.00 bits per heavy atom. The summed E-state index contributed by atoms with van der Waals surface area (Å²) in [5.74, 6) is 4.64. The molecule has 1 atom stereocenters. The number of carbonyl (C=O) groups is 1. The molecule has 1 heterocycles. The summed E-state index contributed by atoms with van der Waals surface area (Å²) < 4.78 is 28.7. The normalized spacial score (nSPS) is 25.3. The van der Waals surface area contributed by atoms with Crippen molar-refractivity contribution in [2.75, 3.05) is 6.61 Å². The molecule has 0 fully saturated rings. The van der Waals surface area contributed by atoms with Gasteiger partial charge in [0.05, 0.1) is 19.1 Å². The molecule has 0 unspecified atom stereocenters. The van der Waals surface area contributed by atoms with Crippen LogP contribution >= 0.6 is 0 Å². The van der Waals surface area contributed by atoms with Crippen molar-refractivity contribution in [3.05, 3.63) is 0 Å². The number of nitrogens with two attached hydrogens (primary N) is 1. The van der Waals surface area contributed by atoms with E-state index in [9.17, 15) is 13.2 Å². The Morgan fingerprint density at radius 2 is 2.36 bits per heavy atom. The quantitative estimate of drug-likeness (QED) is 0.550. The molecule has 14 heavy (non-hydrogen) atoms. The third-order valence-electron chi connectivity index (χ3n) is 1.43. The van der Waals surface area contributed by atoms with Crippen LogP contribution in [0.3, 0.4) is 0 Å². The van der Waals surface area contributed by atoms with Gasteiger partial charge in [-0.1, -0.05) is 11.8 Å². The predicted molar refractivity (Wildman–Crippen MR) is 48.0 cm³/mol. The van der Waals surface area contributed by atoms with Crippen molar-refractivity contribution in [2.45, 2.75) is 18.9 Å². The van der Waals surface area contributed by atoms with Gasteiger partial charge in [0, 0.05) is 6.42 Å². The van der Waals surface area contributed by atoms with Crippen LogP contribution < -0.4 is 10.5 Å². The standard InChI is InChI=1S/C7H10N2O4S/c8-7(10)5-6-3-1-2-4-13-14(11,12)9-6/h6,9H,2,4-5H2,(H2,8,10)/t6-/m1/s1. The molecule has 1 aliphatic heterocycles. The zero-order chi connectivity index (χ0) is 10.6. The molecular weight excluding hydrogens is 208 g/mol. The van der Waals surface area contributed by atoms with Crippen molar-refractivity contribution in [1.82, 2.24) is 4.72 Å². The van der Waals surface area contributed by atoms with Gasteiger partial charge < -0.3 is 5.73 Å². The zero-order valence-corrected chi connectivity index (χ0v) is 8.13. The van der Waals surface area contributed by atoms with E-state index in [1.807, 2.05) is 0 Å². The molecule has 0 aliphatic carbocycles. The lowest BCUT2D eigenvalue weighted by atomic mass is 10.2. The van der Waals surface area contributed by atoms with Gasteiger partial charge in [0.1, 0.15) is 0 Å². The minimum atomic E-state index is -3.80. The predicted octanol–water partition coefficient (Wildman–Crippen LogP) is -1.51. The minimum Gasteiger partial charge on any atom is -0.370 e. The van der Waals surface area contributed by atoms with Crippen LogP contribution in [-0.4, -0.2) is 27.0 Å². The third-order valence-corrected chi connectivity index (χ3v) is 2.48. The molecule has 6 nitrogen and oxygen atoms in total. The molecule has 0 aromatic heterocycles. The Kier molecular flexibility index (Phi) is 3.46. The molecule has 3 N–H and O–H groups in total. The summed E-state index contributed by atoms with van der Waals surface area (Å²) in [4.78, 5) is 10.6. The lowest BCUT2D eigenvalue weighted by Gasteiger charge is -2.13. The fraction of sp³-hybridized carbons (Fsp3) is 0.571. The highest BCUT2D eigenvalue weighted by molar-refractivity contribution is 7.84. The number of primary amides is 1. The van der Waals surface area contributed by atoms with Gasteiger partial charge in [0.15, 0.2) is 0 Å². The van der Waals surface area contributed by atoms with Gasteiger partial charge in [-0.25, -0.2) is 0 Å². The number of amides is 1. The van der Waals surface area contributed by atoms with Crippen LogP contribution in [0.5, 0.6) is 0 Å². The molecule has 0 bridgehead atoms. The smallest absolute Gasteiger partial charge is 0.336 e. The molecule has 1 rings (SSSR count). The van der Waals surface area contributed by atoms with Crippen molar-refractivity contribution in [1.29, 1.82) is 0 Å². The van der Waals surface area contributed by atoms with E-state index < -0.39 is 22.3 Å². The van der Waals surface area contributed by atoms with E-state index in [-0.39, 0.29) is 13.0 Å². The maximum atomic E-state index is 11.1. The third kappa shape index (κ3) is 3.74. The summed E-state index contributed by atoms with van der Waals surface area (Å²) in [6.07, 6.45) is 0.158. The monoisotopic (exact) mass is 218 g/mol. The second-order valence-electron chi connectivity index (χ2n) is 2.69. The summed E-state index contributed by atoms with van der Waals surface area (Å²) in [5, 5.41) is 0. The second kappa shape index (κ2) is 4.41. The van der Waals surface area contributed by atoms with Crippen LogP contribution in [0.25, 0.3) is 0 Å². The van der Waals surface area contributed by atoms with E-state index in [0.29, 0.717) is 6.42 Å². The van der Waals surface area contributed by atoms with E-state index in [4.69, 9.17) is 5.73 Å². The topological polar surface area (TPSA) is 98.5 Å². The van der Waals surface area contributed by atoms with Crippen LogP contribution in [0.4, 0.5) is 0 Å². The second-order valence-corrected chi connectivity index (χ2v) is 4.07. The van der Waals surface area contributed by atoms with Gasteiger partial charge in [0.2, 0.25) is 5.91 Å². The summed E-state index contributed by atoms with van der Waals surface area (Å²) in [5.41, 5.74) is 4.92.